The number of benzene rings is 9. The molecule has 74 heavy (non-hydrogen) atoms. The first-order valence-corrected chi connectivity index (χ1v) is 30.5. The van der Waals surface area contributed by atoms with Crippen LogP contribution < -0.4 is 20.3 Å². The molecule has 1 aliphatic heterocycles. The summed E-state index contributed by atoms with van der Waals surface area (Å²) in [4.78, 5) is 6.68. The second-order valence-corrected chi connectivity index (χ2v) is 27.4. The van der Waals surface area contributed by atoms with Crippen molar-refractivity contribution in [2.45, 2.75) is 89.0 Å². The molecule has 1 unspecified atom stereocenters. The topological polar surface area (TPSA) is 26.5 Å². The third-order valence-corrected chi connectivity index (χ3v) is 23.6. The monoisotopic (exact) mass is 990 g/mol. The molecular weight excluding hydrogens is 933 g/mol. The molecular formula is C69H58N2OSSi. The van der Waals surface area contributed by atoms with Gasteiger partial charge < -0.3 is 4.74 Å². The van der Waals surface area contributed by atoms with E-state index in [1.165, 1.54) is 161 Å². The van der Waals surface area contributed by atoms with Crippen LogP contribution in [-0.4, -0.2) is 17.5 Å². The highest BCUT2D eigenvalue weighted by Crippen LogP contribution is 2.52. The molecule has 360 valence electrons. The minimum Gasteiger partial charge on any atom is -0.457 e. The average molecular weight is 991 g/mol. The van der Waals surface area contributed by atoms with Gasteiger partial charge in [0.15, 0.2) is 4.96 Å². The SMILES string of the molecule is CC1(C)c2cc(-c3c(C4CCCC4)ccc4c3nc3sc5cc(C6CCCC6)ccc5n34)ccc2Oc2c1cccc2[Si](C)(c1ccccc1)c1ccc2c(c1)-c1ccccc1-c1ccccc1-c1ccccc1-2. The van der Waals surface area contributed by atoms with Crippen LogP contribution in [-0.2, 0) is 5.41 Å². The lowest BCUT2D eigenvalue weighted by molar-refractivity contribution is 0.421. The number of rotatable bonds is 6. The first-order chi connectivity index (χ1) is 36.3. The second-order valence-electron chi connectivity index (χ2n) is 22.4. The Kier molecular flexibility index (Phi) is 10.1. The lowest BCUT2D eigenvalue weighted by Gasteiger charge is -2.39. The first kappa shape index (κ1) is 44.2. The summed E-state index contributed by atoms with van der Waals surface area (Å²) in [5.74, 6) is 3.17. The summed E-state index contributed by atoms with van der Waals surface area (Å²) in [6, 6.07) is 71.8. The fraction of sp³-hybridized carbons (Fsp3) is 0.203. The van der Waals surface area contributed by atoms with Gasteiger partial charge in [0.2, 0.25) is 0 Å². The van der Waals surface area contributed by atoms with Crippen LogP contribution in [0, 0.1) is 0 Å². The van der Waals surface area contributed by atoms with Crippen LogP contribution in [0.15, 0.2) is 188 Å². The summed E-state index contributed by atoms with van der Waals surface area (Å²) in [6.07, 6.45) is 10.3. The summed E-state index contributed by atoms with van der Waals surface area (Å²) in [5, 5.41) is 4.01. The maximum Gasteiger partial charge on any atom is 0.195 e. The van der Waals surface area contributed by atoms with Gasteiger partial charge in [-0.2, -0.15) is 0 Å². The van der Waals surface area contributed by atoms with Crippen molar-refractivity contribution in [1.29, 1.82) is 0 Å². The molecule has 0 amide bonds. The highest BCUT2D eigenvalue weighted by molar-refractivity contribution is 7.23. The fourth-order valence-electron chi connectivity index (χ4n) is 14.2. The molecule has 1 atom stereocenters. The smallest absolute Gasteiger partial charge is 0.195 e. The van der Waals surface area contributed by atoms with Crippen LogP contribution in [0.1, 0.15) is 99.3 Å². The quantitative estimate of drug-likeness (QED) is 0.123. The van der Waals surface area contributed by atoms with Crippen LogP contribution >= 0.6 is 11.3 Å². The van der Waals surface area contributed by atoms with Crippen LogP contribution in [0.2, 0.25) is 6.55 Å². The van der Waals surface area contributed by atoms with Crippen LogP contribution in [0.5, 0.6) is 11.5 Å². The summed E-state index contributed by atoms with van der Waals surface area (Å²) in [6.45, 7) is 7.37. The Labute approximate surface area is 439 Å². The molecule has 4 aliphatic rings. The Bertz CT molecular complexity index is 4070. The first-order valence-electron chi connectivity index (χ1n) is 27.2. The van der Waals surface area contributed by atoms with Crippen molar-refractivity contribution in [2.24, 2.45) is 0 Å². The van der Waals surface area contributed by atoms with Crippen molar-refractivity contribution in [3.8, 4) is 67.1 Å². The molecule has 2 fully saturated rings. The summed E-state index contributed by atoms with van der Waals surface area (Å²) < 4.78 is 11.3. The van der Waals surface area contributed by atoms with E-state index < -0.39 is 8.07 Å². The van der Waals surface area contributed by atoms with E-state index >= 15 is 0 Å². The molecule has 2 aromatic heterocycles. The van der Waals surface area contributed by atoms with Gasteiger partial charge in [-0.15, -0.1) is 0 Å². The summed E-state index contributed by atoms with van der Waals surface area (Å²) in [5.41, 5.74) is 21.3. The zero-order chi connectivity index (χ0) is 49.3. The van der Waals surface area contributed by atoms with Gasteiger partial charge in [0.05, 0.1) is 21.3 Å². The van der Waals surface area contributed by atoms with Gasteiger partial charge in [-0.05, 0) is 145 Å². The Morgan fingerprint density at radius 3 is 1.81 bits per heavy atom. The van der Waals surface area contributed by atoms with Gasteiger partial charge in [0.25, 0.3) is 0 Å². The standard InChI is InChI=1S/C69H58N2OSSi/c1-69(2)58-30-17-31-64(74(3,47-22-5-4-6-23-47)48-34-35-56-54-28-14-13-26-52(54)50-24-11-12-25-51(50)53-27-15-16-29-55(53)57(56)42-48)67(58)72-62-39-33-46(40-59(62)69)65-49(44-20-9-10-21-44)36-38-61-66(65)70-68-71(61)60-37-32-45(41-63(60)73-68)43-18-7-8-19-43/h4-6,11-17,22-44H,7-10,18-21H2,1-3H3. The van der Waals surface area contributed by atoms with Gasteiger partial charge in [0, 0.05) is 22.1 Å². The number of para-hydroxylation sites is 1. The summed E-state index contributed by atoms with van der Waals surface area (Å²) in [7, 11) is -2.80. The Morgan fingerprint density at radius 2 is 1.14 bits per heavy atom. The molecule has 2 saturated carbocycles. The molecule has 0 saturated heterocycles. The van der Waals surface area contributed by atoms with Crippen LogP contribution in [0.25, 0.3) is 81.8 Å². The molecule has 0 spiro atoms. The Morgan fingerprint density at radius 1 is 0.527 bits per heavy atom. The van der Waals surface area contributed by atoms with Crippen molar-refractivity contribution in [2.75, 3.05) is 0 Å². The summed E-state index contributed by atoms with van der Waals surface area (Å²) >= 11 is 1.85. The van der Waals surface area contributed by atoms with Crippen molar-refractivity contribution in [3.63, 3.8) is 0 Å². The third kappa shape index (κ3) is 6.58. The van der Waals surface area contributed by atoms with E-state index in [4.69, 9.17) is 9.72 Å². The molecule has 0 N–H and O–H groups in total. The van der Waals surface area contributed by atoms with Gasteiger partial charge in [0.1, 0.15) is 19.6 Å². The van der Waals surface area contributed by atoms with Gasteiger partial charge in [-0.1, -0.05) is 215 Å². The van der Waals surface area contributed by atoms with E-state index in [0.29, 0.717) is 11.8 Å². The second kappa shape index (κ2) is 16.9. The van der Waals surface area contributed by atoms with Gasteiger partial charge in [-0.25, -0.2) is 4.98 Å². The van der Waals surface area contributed by atoms with E-state index in [2.05, 4.69) is 213 Å². The Hall–Kier alpha value is -7.31. The molecule has 15 rings (SSSR count). The Balaban J connectivity index is 0.879. The highest BCUT2D eigenvalue weighted by atomic mass is 32.1. The number of imidazole rings is 1. The largest absolute Gasteiger partial charge is 0.457 e. The molecule has 0 bridgehead atoms. The minimum absolute atomic E-state index is 0.355. The van der Waals surface area contributed by atoms with E-state index in [1.54, 1.807) is 0 Å². The van der Waals surface area contributed by atoms with E-state index in [0.717, 1.165) is 22.0 Å². The molecule has 3 aliphatic carbocycles. The van der Waals surface area contributed by atoms with Crippen LogP contribution in [0.3, 0.4) is 0 Å². The number of hydrogen-bond acceptors (Lipinski definition) is 3. The highest BCUT2D eigenvalue weighted by Gasteiger charge is 2.43. The zero-order valence-electron chi connectivity index (χ0n) is 42.4. The van der Waals surface area contributed by atoms with Crippen molar-refractivity contribution < 1.29 is 4.74 Å². The number of hydrogen-bond donors (Lipinski definition) is 0. The normalized spacial score (nSPS) is 16.6. The van der Waals surface area contributed by atoms with Crippen LogP contribution in [0.4, 0.5) is 0 Å². The number of thiazole rings is 1. The molecule has 3 heterocycles. The van der Waals surface area contributed by atoms with Crippen molar-refractivity contribution in [3.05, 3.63) is 210 Å². The number of nitrogens with zero attached hydrogens (tertiary/aromatic N) is 2. The van der Waals surface area contributed by atoms with Crippen molar-refractivity contribution >= 4 is 61.2 Å². The van der Waals surface area contributed by atoms with Gasteiger partial charge >= 0.3 is 0 Å². The van der Waals surface area contributed by atoms with E-state index in [1.807, 2.05) is 11.3 Å². The molecule has 5 heteroatoms. The molecule has 11 aromatic rings. The number of aromatic nitrogens is 2. The molecule has 3 nitrogen and oxygen atoms in total. The van der Waals surface area contributed by atoms with E-state index in [9.17, 15) is 0 Å². The fourth-order valence-corrected chi connectivity index (χ4v) is 19.0. The lowest BCUT2D eigenvalue weighted by atomic mass is 9.74. The minimum atomic E-state index is -2.80. The molecule has 0 radical (unpaired) electrons. The predicted molar refractivity (Wildman–Crippen MR) is 313 cm³/mol. The molecule has 9 aromatic carbocycles. The van der Waals surface area contributed by atoms with Gasteiger partial charge in [-0.3, -0.25) is 4.40 Å². The third-order valence-electron chi connectivity index (χ3n) is 18.1. The predicted octanol–water partition coefficient (Wildman–Crippen LogP) is 17.2. The number of ether oxygens (including phenoxy) is 1. The average Bonchev–Trinajstić information content (AvgIpc) is 4.33. The maximum absolute atomic E-state index is 7.48. The number of fused-ring (bicyclic) bond motifs is 15. The maximum atomic E-state index is 7.48. The van der Waals surface area contributed by atoms with Crippen molar-refractivity contribution in [1.82, 2.24) is 9.38 Å². The lowest BCUT2D eigenvalue weighted by Crippen LogP contribution is -2.65. The van der Waals surface area contributed by atoms with E-state index in [-0.39, 0.29) is 5.41 Å². The zero-order valence-corrected chi connectivity index (χ0v) is 44.2.